The Labute approximate surface area is 87.2 Å². The molecule has 0 aromatic carbocycles. The summed E-state index contributed by atoms with van der Waals surface area (Å²) in [6.45, 7) is 9.46. The van der Waals surface area contributed by atoms with Crippen LogP contribution in [-0.2, 0) is 9.53 Å². The van der Waals surface area contributed by atoms with E-state index >= 15 is 0 Å². The lowest BCUT2D eigenvalue weighted by molar-refractivity contribution is -0.147. The van der Waals surface area contributed by atoms with Gasteiger partial charge in [0.05, 0.1) is 12.6 Å². The fraction of sp³-hybridized carbons (Fsp3) is 0.909. The highest BCUT2D eigenvalue weighted by Crippen LogP contribution is 2.07. The monoisotopic (exact) mass is 201 g/mol. The van der Waals surface area contributed by atoms with E-state index in [4.69, 9.17) is 4.74 Å². The van der Waals surface area contributed by atoms with Gasteiger partial charge in [-0.05, 0) is 32.2 Å². The van der Waals surface area contributed by atoms with Gasteiger partial charge in [0.2, 0.25) is 0 Å². The topological polar surface area (TPSA) is 38.3 Å². The Balaban J connectivity index is 3.50. The van der Waals surface area contributed by atoms with Crippen LogP contribution < -0.4 is 5.32 Å². The third-order valence-electron chi connectivity index (χ3n) is 1.83. The first-order valence-corrected chi connectivity index (χ1v) is 5.46. The maximum Gasteiger partial charge on any atom is 0.320 e. The Morgan fingerprint density at radius 1 is 1.36 bits per heavy atom. The van der Waals surface area contributed by atoms with Gasteiger partial charge in [-0.15, -0.1) is 0 Å². The van der Waals surface area contributed by atoms with Crippen molar-refractivity contribution in [3.63, 3.8) is 0 Å². The molecular formula is C11H23NO2. The van der Waals surface area contributed by atoms with E-state index in [-0.39, 0.29) is 12.1 Å². The molecule has 0 rings (SSSR count). The molecule has 1 N–H and O–H groups in total. The van der Waals surface area contributed by atoms with E-state index in [0.29, 0.717) is 12.5 Å². The zero-order chi connectivity index (χ0) is 11.0. The van der Waals surface area contributed by atoms with Crippen molar-refractivity contribution in [3.05, 3.63) is 0 Å². The molecule has 0 aromatic heterocycles. The zero-order valence-corrected chi connectivity index (χ0v) is 9.80. The second-order valence-corrected chi connectivity index (χ2v) is 4.11. The minimum absolute atomic E-state index is 0.0333. The quantitative estimate of drug-likeness (QED) is 0.505. The van der Waals surface area contributed by atoms with Crippen molar-refractivity contribution in [2.75, 3.05) is 13.1 Å². The van der Waals surface area contributed by atoms with Crippen molar-refractivity contribution in [2.45, 2.75) is 46.6 Å². The molecule has 3 nitrogen and oxygen atoms in total. The van der Waals surface area contributed by atoms with Gasteiger partial charge in [-0.3, -0.25) is 4.79 Å². The lowest BCUT2D eigenvalue weighted by atomic mass is 10.1. The Kier molecular flexibility index (Phi) is 7.48. The molecule has 1 unspecified atom stereocenters. The van der Waals surface area contributed by atoms with Crippen molar-refractivity contribution in [1.82, 2.24) is 5.32 Å². The molecule has 84 valence electrons. The molecule has 0 aromatic rings. The molecule has 14 heavy (non-hydrogen) atoms. The minimum atomic E-state index is -0.147. The van der Waals surface area contributed by atoms with E-state index in [2.05, 4.69) is 26.1 Å². The third kappa shape index (κ3) is 8.05. The second kappa shape index (κ2) is 7.80. The predicted molar refractivity (Wildman–Crippen MR) is 58.2 cm³/mol. The summed E-state index contributed by atoms with van der Waals surface area (Å²) in [5, 5.41) is 3.02. The highest BCUT2D eigenvalue weighted by Gasteiger charge is 2.10. The molecule has 0 spiro atoms. The molecule has 0 aliphatic rings. The van der Waals surface area contributed by atoms with Gasteiger partial charge in [0.1, 0.15) is 0 Å². The summed E-state index contributed by atoms with van der Waals surface area (Å²) >= 11 is 0. The molecule has 0 heterocycles. The van der Waals surface area contributed by atoms with Crippen LogP contribution in [-0.4, -0.2) is 25.2 Å². The standard InChI is InChI=1S/C11H23NO2/c1-5-6-12-8-11(13)14-10(4)7-9(2)3/h9-10,12H,5-8H2,1-4H3. The predicted octanol–water partition coefficient (Wildman–Crippen LogP) is 1.96. The van der Waals surface area contributed by atoms with Gasteiger partial charge in [0, 0.05) is 0 Å². The van der Waals surface area contributed by atoms with Gasteiger partial charge in [-0.25, -0.2) is 0 Å². The Morgan fingerprint density at radius 3 is 2.50 bits per heavy atom. The number of nitrogens with one attached hydrogen (secondary N) is 1. The van der Waals surface area contributed by atoms with Crippen LogP contribution in [0.15, 0.2) is 0 Å². The van der Waals surface area contributed by atoms with E-state index in [1.807, 2.05) is 6.92 Å². The molecule has 0 saturated carbocycles. The molecule has 0 aliphatic heterocycles. The van der Waals surface area contributed by atoms with Gasteiger partial charge in [-0.1, -0.05) is 20.8 Å². The summed E-state index contributed by atoms with van der Waals surface area (Å²) in [7, 11) is 0. The minimum Gasteiger partial charge on any atom is -0.462 e. The Hall–Kier alpha value is -0.570. The fourth-order valence-corrected chi connectivity index (χ4v) is 1.35. The van der Waals surface area contributed by atoms with Crippen LogP contribution in [0.1, 0.15) is 40.5 Å². The number of hydrogen-bond acceptors (Lipinski definition) is 3. The Bertz CT molecular complexity index is 157. The summed E-state index contributed by atoms with van der Waals surface area (Å²) in [5.74, 6) is 0.424. The first kappa shape index (κ1) is 13.4. The van der Waals surface area contributed by atoms with Crippen molar-refractivity contribution >= 4 is 5.97 Å². The van der Waals surface area contributed by atoms with Gasteiger partial charge in [0.25, 0.3) is 0 Å². The van der Waals surface area contributed by atoms with Crippen LogP contribution in [0, 0.1) is 5.92 Å². The van der Waals surface area contributed by atoms with Crippen LogP contribution in [0.25, 0.3) is 0 Å². The largest absolute Gasteiger partial charge is 0.462 e. The average molecular weight is 201 g/mol. The lowest BCUT2D eigenvalue weighted by Crippen LogP contribution is -2.28. The zero-order valence-electron chi connectivity index (χ0n) is 9.80. The van der Waals surface area contributed by atoms with Gasteiger partial charge < -0.3 is 10.1 Å². The van der Waals surface area contributed by atoms with Gasteiger partial charge in [-0.2, -0.15) is 0 Å². The number of hydrogen-bond donors (Lipinski definition) is 1. The van der Waals surface area contributed by atoms with Crippen LogP contribution >= 0.6 is 0 Å². The third-order valence-corrected chi connectivity index (χ3v) is 1.83. The van der Waals surface area contributed by atoms with E-state index in [9.17, 15) is 4.79 Å². The molecular weight excluding hydrogens is 178 g/mol. The SMILES string of the molecule is CCCNCC(=O)OC(C)CC(C)C. The normalized spacial score (nSPS) is 12.9. The first-order valence-electron chi connectivity index (χ1n) is 5.46. The van der Waals surface area contributed by atoms with Crippen LogP contribution in [0.3, 0.4) is 0 Å². The summed E-state index contributed by atoms with van der Waals surface area (Å²) in [4.78, 5) is 11.2. The molecule has 0 radical (unpaired) electrons. The summed E-state index contributed by atoms with van der Waals surface area (Å²) < 4.78 is 5.21. The van der Waals surface area contributed by atoms with Gasteiger partial charge in [0.15, 0.2) is 0 Å². The number of esters is 1. The van der Waals surface area contributed by atoms with Crippen LogP contribution in [0.4, 0.5) is 0 Å². The Morgan fingerprint density at radius 2 is 2.00 bits per heavy atom. The number of rotatable bonds is 7. The average Bonchev–Trinajstić information content (AvgIpc) is 2.02. The van der Waals surface area contributed by atoms with Crippen molar-refractivity contribution in [2.24, 2.45) is 5.92 Å². The maximum atomic E-state index is 11.2. The fourth-order valence-electron chi connectivity index (χ4n) is 1.35. The van der Waals surface area contributed by atoms with Crippen LogP contribution in [0.5, 0.6) is 0 Å². The molecule has 0 bridgehead atoms. The van der Waals surface area contributed by atoms with Gasteiger partial charge >= 0.3 is 5.97 Å². The highest BCUT2D eigenvalue weighted by molar-refractivity contribution is 5.71. The number of ether oxygens (including phenoxy) is 1. The maximum absolute atomic E-state index is 11.2. The number of carbonyl (C=O) groups is 1. The molecule has 0 aliphatic carbocycles. The molecule has 0 fully saturated rings. The lowest BCUT2D eigenvalue weighted by Gasteiger charge is -2.15. The molecule has 0 amide bonds. The summed E-state index contributed by atoms with van der Waals surface area (Å²) in [6, 6.07) is 0. The van der Waals surface area contributed by atoms with E-state index in [1.54, 1.807) is 0 Å². The molecule has 0 saturated heterocycles. The van der Waals surface area contributed by atoms with Crippen molar-refractivity contribution in [3.8, 4) is 0 Å². The summed E-state index contributed by atoms with van der Waals surface area (Å²) in [5.41, 5.74) is 0. The molecule has 3 heteroatoms. The molecule has 1 atom stereocenters. The first-order chi connectivity index (χ1) is 6.56. The van der Waals surface area contributed by atoms with E-state index in [1.165, 1.54) is 0 Å². The van der Waals surface area contributed by atoms with Crippen LogP contribution in [0.2, 0.25) is 0 Å². The highest BCUT2D eigenvalue weighted by atomic mass is 16.5. The van der Waals surface area contributed by atoms with Crippen molar-refractivity contribution < 1.29 is 9.53 Å². The number of carbonyl (C=O) groups excluding carboxylic acids is 1. The smallest absolute Gasteiger partial charge is 0.320 e. The van der Waals surface area contributed by atoms with Crippen molar-refractivity contribution in [1.29, 1.82) is 0 Å². The van der Waals surface area contributed by atoms with E-state index in [0.717, 1.165) is 19.4 Å². The second-order valence-electron chi connectivity index (χ2n) is 4.11. The summed E-state index contributed by atoms with van der Waals surface area (Å²) in [6.07, 6.45) is 2.00. The van der Waals surface area contributed by atoms with E-state index < -0.39 is 0 Å².